The predicted octanol–water partition coefficient (Wildman–Crippen LogP) is 4.44. The topological polar surface area (TPSA) is 108 Å². The standard InChI is InChI=1S/C30H28N6O3/c1-21(37)32-25-12-10-22(11-13-25)27-14-15-31-30(34-27)33-26-9-5-8-24(20-26)29(39)36-18-16-35(17-19-36)28(38)23-6-3-2-4-7-23/h2-15,20H,16-19H2,1H3,(H,32,37)(H,31,33,34). The van der Waals surface area contributed by atoms with Crippen molar-refractivity contribution in [1.82, 2.24) is 19.8 Å². The van der Waals surface area contributed by atoms with Gasteiger partial charge in [0, 0.05) is 67.4 Å². The molecule has 196 valence electrons. The minimum atomic E-state index is -0.127. The fraction of sp³-hybridized carbons (Fsp3) is 0.167. The zero-order valence-corrected chi connectivity index (χ0v) is 21.5. The largest absolute Gasteiger partial charge is 0.335 e. The molecule has 1 aliphatic rings. The number of benzene rings is 3. The summed E-state index contributed by atoms with van der Waals surface area (Å²) in [6, 6.07) is 25.6. The minimum absolute atomic E-state index is 0.0141. The maximum Gasteiger partial charge on any atom is 0.254 e. The Kier molecular flexibility index (Phi) is 7.58. The van der Waals surface area contributed by atoms with Gasteiger partial charge in [-0.15, -0.1) is 0 Å². The summed E-state index contributed by atoms with van der Waals surface area (Å²) in [6.07, 6.45) is 1.66. The van der Waals surface area contributed by atoms with Crippen molar-refractivity contribution in [1.29, 1.82) is 0 Å². The summed E-state index contributed by atoms with van der Waals surface area (Å²) in [5, 5.41) is 5.93. The Morgan fingerprint density at radius 2 is 1.36 bits per heavy atom. The molecule has 3 aromatic carbocycles. The maximum absolute atomic E-state index is 13.2. The van der Waals surface area contributed by atoms with Gasteiger partial charge in [-0.1, -0.05) is 36.4 Å². The first-order valence-electron chi connectivity index (χ1n) is 12.7. The lowest BCUT2D eigenvalue weighted by Crippen LogP contribution is -2.50. The molecule has 2 heterocycles. The van der Waals surface area contributed by atoms with Crippen LogP contribution in [0.2, 0.25) is 0 Å². The Balaban J connectivity index is 1.22. The van der Waals surface area contributed by atoms with E-state index in [1.807, 2.05) is 66.7 Å². The van der Waals surface area contributed by atoms with Crippen LogP contribution in [0.5, 0.6) is 0 Å². The van der Waals surface area contributed by atoms with Crippen molar-refractivity contribution in [2.75, 3.05) is 36.8 Å². The van der Waals surface area contributed by atoms with Gasteiger partial charge in [-0.3, -0.25) is 14.4 Å². The molecule has 0 spiro atoms. The first-order chi connectivity index (χ1) is 19.0. The molecule has 1 aromatic heterocycles. The SMILES string of the molecule is CC(=O)Nc1ccc(-c2ccnc(Nc3cccc(C(=O)N4CCN(C(=O)c5ccccc5)CC4)c3)n2)cc1. The van der Waals surface area contributed by atoms with Crippen LogP contribution >= 0.6 is 0 Å². The normalized spacial score (nSPS) is 13.1. The highest BCUT2D eigenvalue weighted by Crippen LogP contribution is 2.22. The van der Waals surface area contributed by atoms with Gasteiger partial charge >= 0.3 is 0 Å². The van der Waals surface area contributed by atoms with E-state index in [1.54, 1.807) is 34.2 Å². The number of hydrogen-bond acceptors (Lipinski definition) is 6. The van der Waals surface area contributed by atoms with Crippen LogP contribution in [0.4, 0.5) is 17.3 Å². The van der Waals surface area contributed by atoms with Gasteiger partial charge in [-0.2, -0.15) is 0 Å². The molecule has 9 heteroatoms. The number of nitrogens with one attached hydrogen (secondary N) is 2. The van der Waals surface area contributed by atoms with Crippen LogP contribution in [0.3, 0.4) is 0 Å². The molecule has 0 atom stereocenters. The van der Waals surface area contributed by atoms with Gasteiger partial charge in [0.05, 0.1) is 5.69 Å². The number of aromatic nitrogens is 2. The van der Waals surface area contributed by atoms with E-state index in [-0.39, 0.29) is 17.7 Å². The van der Waals surface area contributed by atoms with E-state index in [1.165, 1.54) is 6.92 Å². The molecule has 0 unspecified atom stereocenters. The van der Waals surface area contributed by atoms with Gasteiger partial charge < -0.3 is 20.4 Å². The Hall–Kier alpha value is -5.05. The lowest BCUT2D eigenvalue weighted by Gasteiger charge is -2.35. The van der Waals surface area contributed by atoms with E-state index in [2.05, 4.69) is 20.6 Å². The molecule has 0 saturated carbocycles. The Morgan fingerprint density at radius 1 is 0.718 bits per heavy atom. The molecular formula is C30H28N6O3. The van der Waals surface area contributed by atoms with E-state index in [4.69, 9.17) is 0 Å². The van der Waals surface area contributed by atoms with Crippen LogP contribution in [-0.4, -0.2) is 63.7 Å². The zero-order valence-electron chi connectivity index (χ0n) is 21.5. The third kappa shape index (κ3) is 6.27. The van der Waals surface area contributed by atoms with Crippen molar-refractivity contribution in [2.24, 2.45) is 0 Å². The molecule has 5 rings (SSSR count). The van der Waals surface area contributed by atoms with Crippen LogP contribution in [0.1, 0.15) is 27.6 Å². The van der Waals surface area contributed by atoms with Crippen LogP contribution in [-0.2, 0) is 4.79 Å². The van der Waals surface area contributed by atoms with Crippen molar-refractivity contribution < 1.29 is 14.4 Å². The smallest absolute Gasteiger partial charge is 0.254 e. The quantitative estimate of drug-likeness (QED) is 0.389. The highest BCUT2D eigenvalue weighted by molar-refractivity contribution is 5.96. The fourth-order valence-electron chi connectivity index (χ4n) is 4.42. The van der Waals surface area contributed by atoms with Crippen molar-refractivity contribution in [3.05, 3.63) is 102 Å². The summed E-state index contributed by atoms with van der Waals surface area (Å²) in [4.78, 5) is 49.7. The number of nitrogens with zero attached hydrogens (tertiary/aromatic N) is 4. The third-order valence-corrected chi connectivity index (χ3v) is 6.40. The van der Waals surface area contributed by atoms with Crippen LogP contribution in [0.15, 0.2) is 91.1 Å². The fourth-order valence-corrected chi connectivity index (χ4v) is 4.42. The second kappa shape index (κ2) is 11.6. The lowest BCUT2D eigenvalue weighted by atomic mass is 10.1. The molecule has 39 heavy (non-hydrogen) atoms. The second-order valence-corrected chi connectivity index (χ2v) is 9.18. The maximum atomic E-state index is 13.2. The summed E-state index contributed by atoms with van der Waals surface area (Å²) in [5.74, 6) is 0.174. The van der Waals surface area contributed by atoms with Crippen molar-refractivity contribution in [3.8, 4) is 11.3 Å². The van der Waals surface area contributed by atoms with Crippen LogP contribution in [0.25, 0.3) is 11.3 Å². The molecule has 1 fully saturated rings. The van der Waals surface area contributed by atoms with E-state index in [0.29, 0.717) is 54.6 Å². The third-order valence-electron chi connectivity index (χ3n) is 6.40. The van der Waals surface area contributed by atoms with Gasteiger partial charge in [0.1, 0.15) is 0 Å². The Labute approximate surface area is 226 Å². The molecular weight excluding hydrogens is 492 g/mol. The molecule has 4 aromatic rings. The Bertz CT molecular complexity index is 1480. The molecule has 9 nitrogen and oxygen atoms in total. The van der Waals surface area contributed by atoms with E-state index in [9.17, 15) is 14.4 Å². The minimum Gasteiger partial charge on any atom is -0.335 e. The highest BCUT2D eigenvalue weighted by atomic mass is 16.2. The lowest BCUT2D eigenvalue weighted by molar-refractivity contribution is -0.114. The monoisotopic (exact) mass is 520 g/mol. The summed E-state index contributed by atoms with van der Waals surface area (Å²) >= 11 is 0. The molecule has 1 saturated heterocycles. The van der Waals surface area contributed by atoms with Gasteiger partial charge in [0.2, 0.25) is 11.9 Å². The number of hydrogen-bond donors (Lipinski definition) is 2. The molecule has 0 bridgehead atoms. The predicted molar refractivity (Wildman–Crippen MR) is 150 cm³/mol. The average Bonchev–Trinajstić information content (AvgIpc) is 2.97. The molecule has 0 radical (unpaired) electrons. The van der Waals surface area contributed by atoms with Gasteiger partial charge in [0.25, 0.3) is 11.8 Å². The second-order valence-electron chi connectivity index (χ2n) is 9.18. The van der Waals surface area contributed by atoms with E-state index in [0.717, 1.165) is 11.3 Å². The summed E-state index contributed by atoms with van der Waals surface area (Å²) in [5.41, 5.74) is 4.21. The van der Waals surface area contributed by atoms with Crippen molar-refractivity contribution in [2.45, 2.75) is 6.92 Å². The first-order valence-corrected chi connectivity index (χ1v) is 12.7. The van der Waals surface area contributed by atoms with E-state index >= 15 is 0 Å². The van der Waals surface area contributed by atoms with Crippen molar-refractivity contribution >= 4 is 35.0 Å². The molecule has 2 N–H and O–H groups in total. The van der Waals surface area contributed by atoms with Crippen molar-refractivity contribution in [3.63, 3.8) is 0 Å². The number of amides is 3. The number of carbonyl (C=O) groups is 3. The van der Waals surface area contributed by atoms with E-state index < -0.39 is 0 Å². The molecule has 1 aliphatic heterocycles. The number of carbonyl (C=O) groups excluding carboxylic acids is 3. The average molecular weight is 521 g/mol. The summed E-state index contributed by atoms with van der Waals surface area (Å²) in [6.45, 7) is 3.39. The number of rotatable bonds is 6. The van der Waals surface area contributed by atoms with Crippen LogP contribution in [0, 0.1) is 0 Å². The summed E-state index contributed by atoms with van der Waals surface area (Å²) < 4.78 is 0. The molecule has 0 aliphatic carbocycles. The summed E-state index contributed by atoms with van der Waals surface area (Å²) in [7, 11) is 0. The van der Waals surface area contributed by atoms with Crippen LogP contribution < -0.4 is 10.6 Å². The highest BCUT2D eigenvalue weighted by Gasteiger charge is 2.25. The number of piperazine rings is 1. The first kappa shape index (κ1) is 25.6. The zero-order chi connectivity index (χ0) is 27.2. The van der Waals surface area contributed by atoms with Gasteiger partial charge in [0.15, 0.2) is 0 Å². The number of anilines is 3. The Morgan fingerprint density at radius 3 is 2.03 bits per heavy atom. The molecule has 3 amide bonds. The van der Waals surface area contributed by atoms with Gasteiger partial charge in [-0.05, 0) is 48.5 Å². The van der Waals surface area contributed by atoms with Gasteiger partial charge in [-0.25, -0.2) is 9.97 Å².